The van der Waals surface area contributed by atoms with Crippen molar-refractivity contribution in [2.24, 2.45) is 0 Å². The van der Waals surface area contributed by atoms with Crippen LogP contribution in [0.15, 0.2) is 18.2 Å². The van der Waals surface area contributed by atoms with Crippen LogP contribution in [0.5, 0.6) is 5.75 Å². The molecule has 2 atom stereocenters. The van der Waals surface area contributed by atoms with Crippen molar-refractivity contribution in [1.29, 1.82) is 0 Å². The molecule has 1 saturated heterocycles. The van der Waals surface area contributed by atoms with Crippen molar-refractivity contribution in [2.45, 2.75) is 24.6 Å². The van der Waals surface area contributed by atoms with Gasteiger partial charge in [-0.2, -0.15) is 0 Å². The minimum atomic E-state index is -1.25. The van der Waals surface area contributed by atoms with E-state index in [1.54, 1.807) is 12.1 Å². The van der Waals surface area contributed by atoms with Crippen LogP contribution in [0.3, 0.4) is 0 Å². The van der Waals surface area contributed by atoms with Crippen molar-refractivity contribution in [3.8, 4) is 5.75 Å². The summed E-state index contributed by atoms with van der Waals surface area (Å²) in [7, 11) is 0. The van der Waals surface area contributed by atoms with Crippen LogP contribution in [0.1, 0.15) is 12.0 Å². The third-order valence-corrected chi connectivity index (χ3v) is 3.57. The maximum Gasteiger partial charge on any atom is 0.311 e. The number of nitrogens with zero attached hydrogens (tertiary/aromatic N) is 1. The first-order chi connectivity index (χ1) is 8.62. The predicted molar refractivity (Wildman–Crippen MR) is 60.5 cm³/mol. The van der Waals surface area contributed by atoms with Gasteiger partial charge in [-0.3, -0.25) is 10.1 Å². The van der Waals surface area contributed by atoms with Crippen LogP contribution in [0, 0.1) is 10.1 Å². The molecule has 2 aliphatic rings. The fourth-order valence-electron chi connectivity index (χ4n) is 2.59. The molecule has 0 radical (unpaired) electrons. The number of hydrogen-bond donors (Lipinski definition) is 0. The van der Waals surface area contributed by atoms with E-state index in [9.17, 15) is 14.5 Å². The van der Waals surface area contributed by atoms with Crippen LogP contribution < -0.4 is 4.74 Å². The smallest absolute Gasteiger partial charge is 0.311 e. The van der Waals surface area contributed by atoms with Gasteiger partial charge in [-0.15, -0.1) is 0 Å². The van der Waals surface area contributed by atoms with Crippen LogP contribution in [0.25, 0.3) is 0 Å². The normalized spacial score (nSPS) is 29.9. The third-order valence-electron chi connectivity index (χ3n) is 3.57. The fourth-order valence-corrected chi connectivity index (χ4v) is 2.59. The molecule has 2 aliphatic heterocycles. The quantitative estimate of drug-likeness (QED) is 0.567. The van der Waals surface area contributed by atoms with E-state index < -0.39 is 16.7 Å². The number of hydrogen-bond acceptors (Lipinski definition) is 4. The number of para-hydroxylation sites is 1. The summed E-state index contributed by atoms with van der Waals surface area (Å²) in [5.41, 5.74) is -0.371. The molecule has 1 fully saturated rings. The molecule has 0 aliphatic carbocycles. The van der Waals surface area contributed by atoms with Gasteiger partial charge < -0.3 is 9.47 Å². The number of alkyl halides is 1. The highest BCUT2D eigenvalue weighted by molar-refractivity contribution is 5.55. The Morgan fingerprint density at radius 3 is 3.06 bits per heavy atom. The monoisotopic (exact) mass is 253 g/mol. The van der Waals surface area contributed by atoms with Gasteiger partial charge in [0.25, 0.3) is 0 Å². The van der Waals surface area contributed by atoms with Gasteiger partial charge >= 0.3 is 5.69 Å². The Morgan fingerprint density at radius 1 is 1.50 bits per heavy atom. The molecule has 1 aromatic rings. The molecular formula is C12H12FNO4. The van der Waals surface area contributed by atoms with Crippen LogP contribution in [0.2, 0.25) is 0 Å². The minimum absolute atomic E-state index is 0.0121. The zero-order valence-electron chi connectivity index (χ0n) is 9.60. The number of benzene rings is 1. The second-order valence-corrected chi connectivity index (χ2v) is 4.66. The van der Waals surface area contributed by atoms with Gasteiger partial charge in [0.1, 0.15) is 5.60 Å². The number of fused-ring (bicyclic) bond motifs is 1. The average molecular weight is 253 g/mol. The summed E-state index contributed by atoms with van der Waals surface area (Å²) in [6.45, 7) is 0.407. The molecular weight excluding hydrogens is 241 g/mol. The van der Waals surface area contributed by atoms with E-state index in [1.165, 1.54) is 6.07 Å². The zero-order chi connectivity index (χ0) is 12.8. The molecule has 0 amide bonds. The van der Waals surface area contributed by atoms with E-state index in [-0.39, 0.29) is 18.0 Å². The molecule has 0 N–H and O–H groups in total. The van der Waals surface area contributed by atoms with E-state index in [0.717, 1.165) is 0 Å². The molecule has 3 rings (SSSR count). The van der Waals surface area contributed by atoms with Crippen molar-refractivity contribution in [3.05, 3.63) is 33.9 Å². The average Bonchev–Trinajstić information content (AvgIpc) is 2.71. The highest BCUT2D eigenvalue weighted by Gasteiger charge is 2.50. The summed E-state index contributed by atoms with van der Waals surface area (Å²) in [5.74, 6) is 0.215. The summed E-state index contributed by atoms with van der Waals surface area (Å²) in [5, 5.41) is 10.9. The lowest BCUT2D eigenvalue weighted by molar-refractivity contribution is -0.386. The predicted octanol–water partition coefficient (Wildman–Crippen LogP) is 2.03. The number of nitro benzene ring substituents is 1. The van der Waals surface area contributed by atoms with Crippen molar-refractivity contribution in [2.75, 3.05) is 13.2 Å². The highest BCUT2D eigenvalue weighted by atomic mass is 19.1. The molecule has 18 heavy (non-hydrogen) atoms. The Bertz CT molecular complexity index is 507. The minimum Gasteiger partial charge on any atom is -0.476 e. The lowest BCUT2D eigenvalue weighted by Crippen LogP contribution is -2.50. The van der Waals surface area contributed by atoms with E-state index in [4.69, 9.17) is 9.47 Å². The van der Waals surface area contributed by atoms with Gasteiger partial charge in [0.05, 0.1) is 18.1 Å². The fraction of sp³-hybridized carbons (Fsp3) is 0.500. The van der Waals surface area contributed by atoms with Crippen LogP contribution >= 0.6 is 0 Å². The van der Waals surface area contributed by atoms with Gasteiger partial charge in [0, 0.05) is 24.5 Å². The van der Waals surface area contributed by atoms with E-state index in [2.05, 4.69) is 0 Å². The Balaban J connectivity index is 2.00. The summed E-state index contributed by atoms with van der Waals surface area (Å²) in [6, 6.07) is 4.73. The van der Waals surface area contributed by atoms with Crippen LogP contribution in [-0.2, 0) is 11.2 Å². The zero-order valence-corrected chi connectivity index (χ0v) is 9.60. The molecule has 1 aromatic carbocycles. The molecule has 96 valence electrons. The molecule has 2 heterocycles. The Hall–Kier alpha value is -1.69. The number of rotatable bonds is 1. The van der Waals surface area contributed by atoms with Crippen molar-refractivity contribution >= 4 is 5.69 Å². The summed E-state index contributed by atoms with van der Waals surface area (Å²) in [6.07, 6.45) is -0.465. The van der Waals surface area contributed by atoms with Crippen LogP contribution in [-0.4, -0.2) is 29.9 Å². The van der Waals surface area contributed by atoms with E-state index in [1.807, 2.05) is 0 Å². The number of halogens is 1. The Morgan fingerprint density at radius 2 is 2.33 bits per heavy atom. The van der Waals surface area contributed by atoms with Crippen molar-refractivity contribution in [1.82, 2.24) is 0 Å². The largest absolute Gasteiger partial charge is 0.476 e. The van der Waals surface area contributed by atoms with E-state index >= 15 is 0 Å². The molecule has 2 unspecified atom stereocenters. The molecule has 0 aromatic heterocycles. The Labute approximate surface area is 103 Å². The topological polar surface area (TPSA) is 61.6 Å². The highest BCUT2D eigenvalue weighted by Crippen LogP contribution is 2.46. The maximum atomic E-state index is 14.0. The van der Waals surface area contributed by atoms with Gasteiger partial charge in [-0.05, 0) is 0 Å². The molecule has 0 bridgehead atoms. The molecule has 0 saturated carbocycles. The Kier molecular flexibility index (Phi) is 2.48. The molecule has 1 spiro atoms. The van der Waals surface area contributed by atoms with Crippen molar-refractivity contribution < 1.29 is 18.8 Å². The lowest BCUT2D eigenvalue weighted by atomic mass is 9.88. The first-order valence-electron chi connectivity index (χ1n) is 5.79. The van der Waals surface area contributed by atoms with Crippen LogP contribution in [0.4, 0.5) is 10.1 Å². The first kappa shape index (κ1) is 11.4. The molecule has 6 heteroatoms. The van der Waals surface area contributed by atoms with Gasteiger partial charge in [-0.1, -0.05) is 12.1 Å². The van der Waals surface area contributed by atoms with E-state index in [0.29, 0.717) is 25.0 Å². The summed E-state index contributed by atoms with van der Waals surface area (Å²) >= 11 is 0. The third kappa shape index (κ3) is 1.56. The summed E-state index contributed by atoms with van der Waals surface area (Å²) in [4.78, 5) is 10.4. The van der Waals surface area contributed by atoms with Gasteiger partial charge in [-0.25, -0.2) is 4.39 Å². The second kappa shape index (κ2) is 3.91. The second-order valence-electron chi connectivity index (χ2n) is 4.66. The number of nitro groups is 1. The number of ether oxygens (including phenoxy) is 2. The van der Waals surface area contributed by atoms with Gasteiger partial charge in [0.2, 0.25) is 5.75 Å². The van der Waals surface area contributed by atoms with Gasteiger partial charge in [0.15, 0.2) is 6.17 Å². The first-order valence-corrected chi connectivity index (χ1v) is 5.79. The lowest BCUT2D eigenvalue weighted by Gasteiger charge is -2.35. The SMILES string of the molecule is O=[N+]([O-])c1cccc2c1OC1(CCOCC1F)C2. The standard InChI is InChI=1S/C12H12FNO4/c13-10-7-17-5-4-12(10)6-8-2-1-3-9(14(15)16)11(8)18-12/h1-3,10H,4-7H2. The summed E-state index contributed by atoms with van der Waals surface area (Å²) < 4.78 is 24.7. The van der Waals surface area contributed by atoms with Crippen molar-refractivity contribution in [3.63, 3.8) is 0 Å². The maximum absolute atomic E-state index is 14.0. The molecule has 5 nitrogen and oxygen atoms in total.